The fourth-order valence-electron chi connectivity index (χ4n) is 1.58. The summed E-state index contributed by atoms with van der Waals surface area (Å²) in [6, 6.07) is 8.85. The third-order valence-electron chi connectivity index (χ3n) is 2.62. The van der Waals surface area contributed by atoms with Crippen LogP contribution in [0.2, 0.25) is 0 Å². The second-order valence-corrected chi connectivity index (χ2v) is 4.94. The monoisotopic (exact) mass is 323 g/mol. The summed E-state index contributed by atoms with van der Waals surface area (Å²) in [6.07, 6.45) is 0. The molecule has 0 aliphatic rings. The molecule has 2 rings (SSSR count). The van der Waals surface area contributed by atoms with Crippen LogP contribution >= 0.6 is 15.9 Å². The Morgan fingerprint density at radius 3 is 2.63 bits per heavy atom. The van der Waals surface area contributed by atoms with Crippen molar-refractivity contribution in [2.45, 2.75) is 6.92 Å². The SMILES string of the molecule is Cc1cc(NC(=O)c2ccc(Br)c(O)c2)ccc1F. The molecule has 0 aromatic heterocycles. The molecule has 0 saturated carbocycles. The fraction of sp³-hybridized carbons (Fsp3) is 0.0714. The maximum atomic E-state index is 13.1. The zero-order valence-electron chi connectivity index (χ0n) is 10.1. The number of hydrogen-bond donors (Lipinski definition) is 2. The molecule has 0 atom stereocenters. The molecule has 3 nitrogen and oxygen atoms in total. The summed E-state index contributed by atoms with van der Waals surface area (Å²) in [6.45, 7) is 1.62. The highest BCUT2D eigenvalue weighted by Gasteiger charge is 2.09. The third-order valence-corrected chi connectivity index (χ3v) is 3.29. The normalized spacial score (nSPS) is 10.3. The van der Waals surface area contributed by atoms with Crippen molar-refractivity contribution in [1.82, 2.24) is 0 Å². The number of anilines is 1. The lowest BCUT2D eigenvalue weighted by molar-refractivity contribution is 0.102. The van der Waals surface area contributed by atoms with E-state index in [4.69, 9.17) is 0 Å². The molecule has 0 aliphatic heterocycles. The van der Waals surface area contributed by atoms with E-state index in [0.717, 1.165) is 0 Å². The molecule has 0 radical (unpaired) electrons. The molecule has 0 aliphatic carbocycles. The quantitative estimate of drug-likeness (QED) is 0.881. The van der Waals surface area contributed by atoms with Gasteiger partial charge in [-0.3, -0.25) is 4.79 Å². The van der Waals surface area contributed by atoms with E-state index >= 15 is 0 Å². The van der Waals surface area contributed by atoms with Crippen LogP contribution < -0.4 is 5.32 Å². The van der Waals surface area contributed by atoms with E-state index < -0.39 is 0 Å². The van der Waals surface area contributed by atoms with Crippen molar-refractivity contribution in [2.75, 3.05) is 5.32 Å². The first kappa shape index (κ1) is 13.5. The van der Waals surface area contributed by atoms with Crippen LogP contribution in [0, 0.1) is 12.7 Å². The Morgan fingerprint density at radius 1 is 1.26 bits per heavy atom. The highest BCUT2D eigenvalue weighted by Crippen LogP contribution is 2.24. The second-order valence-electron chi connectivity index (χ2n) is 4.08. The Labute approximate surface area is 118 Å². The number of carbonyl (C=O) groups is 1. The minimum atomic E-state index is -0.367. The molecule has 0 unspecified atom stereocenters. The van der Waals surface area contributed by atoms with Gasteiger partial charge in [-0.2, -0.15) is 0 Å². The average molecular weight is 324 g/mol. The van der Waals surface area contributed by atoms with Gasteiger partial charge < -0.3 is 10.4 Å². The van der Waals surface area contributed by atoms with Crippen LogP contribution in [0.1, 0.15) is 15.9 Å². The first-order valence-electron chi connectivity index (χ1n) is 5.53. The fourth-order valence-corrected chi connectivity index (χ4v) is 1.83. The van der Waals surface area contributed by atoms with Gasteiger partial charge in [-0.1, -0.05) is 0 Å². The molecule has 2 N–H and O–H groups in total. The van der Waals surface area contributed by atoms with E-state index in [1.807, 2.05) is 0 Å². The van der Waals surface area contributed by atoms with Crippen LogP contribution in [0.25, 0.3) is 0 Å². The number of amides is 1. The molecule has 0 bridgehead atoms. The van der Waals surface area contributed by atoms with Crippen LogP contribution in [0.3, 0.4) is 0 Å². The van der Waals surface area contributed by atoms with Crippen LogP contribution in [0.4, 0.5) is 10.1 Å². The smallest absolute Gasteiger partial charge is 0.255 e. The van der Waals surface area contributed by atoms with E-state index in [0.29, 0.717) is 21.3 Å². The molecule has 0 saturated heterocycles. The van der Waals surface area contributed by atoms with Gasteiger partial charge in [0.15, 0.2) is 0 Å². The molecule has 19 heavy (non-hydrogen) atoms. The second kappa shape index (κ2) is 5.40. The largest absolute Gasteiger partial charge is 0.507 e. The highest BCUT2D eigenvalue weighted by molar-refractivity contribution is 9.10. The third kappa shape index (κ3) is 3.12. The molecule has 1 amide bonds. The predicted octanol–water partition coefficient (Wildman–Crippen LogP) is 3.85. The van der Waals surface area contributed by atoms with E-state index in [9.17, 15) is 14.3 Å². The minimum absolute atomic E-state index is 0.0112. The van der Waals surface area contributed by atoms with Crippen LogP contribution in [0.5, 0.6) is 5.75 Å². The summed E-state index contributed by atoms with van der Waals surface area (Å²) >= 11 is 3.14. The van der Waals surface area contributed by atoms with E-state index in [1.54, 1.807) is 25.1 Å². The molecule has 2 aromatic rings. The van der Waals surface area contributed by atoms with Crippen LogP contribution in [0.15, 0.2) is 40.9 Å². The molecule has 2 aromatic carbocycles. The number of nitrogens with one attached hydrogen (secondary N) is 1. The van der Waals surface area contributed by atoms with Crippen molar-refractivity contribution in [3.8, 4) is 5.75 Å². The van der Waals surface area contributed by atoms with Gasteiger partial charge in [0.25, 0.3) is 5.91 Å². The maximum absolute atomic E-state index is 13.1. The number of aromatic hydroxyl groups is 1. The van der Waals surface area contributed by atoms with E-state index in [1.165, 1.54) is 18.2 Å². The molecule has 0 heterocycles. The summed E-state index contributed by atoms with van der Waals surface area (Å²) in [5, 5.41) is 12.2. The zero-order valence-corrected chi connectivity index (χ0v) is 11.7. The Hall–Kier alpha value is -1.88. The molecular formula is C14H11BrFNO2. The first-order chi connectivity index (χ1) is 8.97. The van der Waals surface area contributed by atoms with Gasteiger partial charge in [-0.15, -0.1) is 0 Å². The topological polar surface area (TPSA) is 49.3 Å². The Kier molecular flexibility index (Phi) is 3.85. The Morgan fingerprint density at radius 2 is 2.00 bits per heavy atom. The number of phenols is 1. The van der Waals surface area contributed by atoms with Crippen molar-refractivity contribution >= 4 is 27.5 Å². The summed E-state index contributed by atoms with van der Waals surface area (Å²) in [4.78, 5) is 11.9. The number of phenolic OH excluding ortho intramolecular Hbond substituents is 1. The molecule has 98 valence electrons. The van der Waals surface area contributed by atoms with Crippen LogP contribution in [-0.4, -0.2) is 11.0 Å². The molecule has 5 heteroatoms. The lowest BCUT2D eigenvalue weighted by Gasteiger charge is -2.07. The van der Waals surface area contributed by atoms with Crippen molar-refractivity contribution in [3.63, 3.8) is 0 Å². The van der Waals surface area contributed by atoms with Gasteiger partial charge in [-0.05, 0) is 64.8 Å². The lowest BCUT2D eigenvalue weighted by Crippen LogP contribution is -2.11. The maximum Gasteiger partial charge on any atom is 0.255 e. The zero-order chi connectivity index (χ0) is 14.0. The Bertz CT molecular complexity index is 643. The number of benzene rings is 2. The van der Waals surface area contributed by atoms with E-state index in [-0.39, 0.29) is 17.5 Å². The van der Waals surface area contributed by atoms with Gasteiger partial charge in [-0.25, -0.2) is 4.39 Å². The van der Waals surface area contributed by atoms with Gasteiger partial charge in [0.05, 0.1) is 4.47 Å². The average Bonchev–Trinajstić information content (AvgIpc) is 2.37. The predicted molar refractivity (Wildman–Crippen MR) is 74.9 cm³/mol. The summed E-state index contributed by atoms with van der Waals surface area (Å²) in [5.41, 5.74) is 1.28. The van der Waals surface area contributed by atoms with E-state index in [2.05, 4.69) is 21.2 Å². The number of halogens is 2. The van der Waals surface area contributed by atoms with Crippen molar-refractivity contribution in [2.24, 2.45) is 0 Å². The van der Waals surface area contributed by atoms with Gasteiger partial charge in [0, 0.05) is 11.3 Å². The van der Waals surface area contributed by atoms with Crippen molar-refractivity contribution < 1.29 is 14.3 Å². The standard InChI is InChI=1S/C14H11BrFNO2/c1-8-6-10(3-5-12(8)16)17-14(19)9-2-4-11(15)13(18)7-9/h2-7,18H,1H3,(H,17,19). The summed E-state index contributed by atoms with van der Waals surface area (Å²) < 4.78 is 13.6. The van der Waals surface area contributed by atoms with Crippen molar-refractivity contribution in [1.29, 1.82) is 0 Å². The molecule has 0 fully saturated rings. The first-order valence-corrected chi connectivity index (χ1v) is 6.32. The highest BCUT2D eigenvalue weighted by atomic mass is 79.9. The summed E-state index contributed by atoms with van der Waals surface area (Å²) in [7, 11) is 0. The van der Waals surface area contributed by atoms with Gasteiger partial charge in [0.2, 0.25) is 0 Å². The number of hydrogen-bond acceptors (Lipinski definition) is 2. The Balaban J connectivity index is 2.20. The van der Waals surface area contributed by atoms with Gasteiger partial charge in [0.1, 0.15) is 11.6 Å². The number of aryl methyl sites for hydroxylation is 1. The van der Waals surface area contributed by atoms with Gasteiger partial charge >= 0.3 is 0 Å². The molecular weight excluding hydrogens is 313 g/mol. The molecule has 0 spiro atoms. The number of rotatable bonds is 2. The lowest BCUT2D eigenvalue weighted by atomic mass is 10.1. The number of carbonyl (C=O) groups excluding carboxylic acids is 1. The summed E-state index contributed by atoms with van der Waals surface area (Å²) in [5.74, 6) is -0.698. The van der Waals surface area contributed by atoms with Crippen molar-refractivity contribution in [3.05, 3.63) is 57.8 Å². The van der Waals surface area contributed by atoms with Crippen LogP contribution in [-0.2, 0) is 0 Å². The minimum Gasteiger partial charge on any atom is -0.507 e.